The molecule has 9 heteroatoms. The smallest absolute Gasteiger partial charge is 0.271 e. The molecule has 1 N–H and O–H groups in total. The summed E-state index contributed by atoms with van der Waals surface area (Å²) in [7, 11) is 0. The number of carbonyl (C=O) groups is 1. The van der Waals surface area contributed by atoms with Gasteiger partial charge in [-0.1, -0.05) is 6.92 Å². The van der Waals surface area contributed by atoms with Crippen LogP contribution in [0.5, 0.6) is 0 Å². The van der Waals surface area contributed by atoms with Gasteiger partial charge in [0, 0.05) is 6.54 Å². The molecule has 3 aromatic heterocycles. The highest BCUT2D eigenvalue weighted by atomic mass is 32.1. The predicted molar refractivity (Wildman–Crippen MR) is 86.0 cm³/mol. The summed E-state index contributed by atoms with van der Waals surface area (Å²) in [5, 5.41) is 12.4. The first-order chi connectivity index (χ1) is 11.2. The molecular weight excluding hydrogens is 316 g/mol. The molecule has 120 valence electrons. The highest BCUT2D eigenvalue weighted by Crippen LogP contribution is 2.12. The van der Waals surface area contributed by atoms with Gasteiger partial charge in [0.15, 0.2) is 5.82 Å². The Labute approximate surface area is 135 Å². The van der Waals surface area contributed by atoms with Crippen molar-refractivity contribution < 1.29 is 4.79 Å². The minimum Gasteiger partial charge on any atom is -0.347 e. The van der Waals surface area contributed by atoms with Crippen LogP contribution in [0.25, 0.3) is 10.2 Å². The van der Waals surface area contributed by atoms with E-state index >= 15 is 0 Å². The first-order valence-corrected chi connectivity index (χ1v) is 8.13. The second-order valence-corrected chi connectivity index (χ2v) is 5.95. The zero-order chi connectivity index (χ0) is 16.2. The van der Waals surface area contributed by atoms with Crippen LogP contribution in [0.3, 0.4) is 0 Å². The van der Waals surface area contributed by atoms with E-state index in [0.717, 1.165) is 13.0 Å². The van der Waals surface area contributed by atoms with Crippen molar-refractivity contribution in [2.45, 2.75) is 33.0 Å². The fraction of sp³-hybridized carbons (Fsp3) is 0.357. The van der Waals surface area contributed by atoms with Gasteiger partial charge in [-0.25, -0.2) is 4.98 Å². The zero-order valence-electron chi connectivity index (χ0n) is 12.6. The van der Waals surface area contributed by atoms with Gasteiger partial charge in [0.2, 0.25) is 5.91 Å². The molecular formula is C14H16N6O2S. The van der Waals surface area contributed by atoms with E-state index in [2.05, 4.69) is 27.4 Å². The maximum atomic E-state index is 12.2. The first kappa shape index (κ1) is 15.3. The van der Waals surface area contributed by atoms with Crippen LogP contribution in [0.4, 0.5) is 0 Å². The molecule has 0 aromatic carbocycles. The Morgan fingerprint density at radius 1 is 1.35 bits per heavy atom. The summed E-state index contributed by atoms with van der Waals surface area (Å²) in [5.41, 5.74) is 0.457. The summed E-state index contributed by atoms with van der Waals surface area (Å²) in [6, 6.07) is 1.78. The molecule has 0 bridgehead atoms. The van der Waals surface area contributed by atoms with E-state index in [0.29, 0.717) is 16.0 Å². The Balaban J connectivity index is 1.65. The molecule has 0 atom stereocenters. The normalized spacial score (nSPS) is 11.0. The lowest BCUT2D eigenvalue weighted by Crippen LogP contribution is -2.32. The second kappa shape index (κ2) is 6.69. The van der Waals surface area contributed by atoms with Gasteiger partial charge < -0.3 is 9.88 Å². The summed E-state index contributed by atoms with van der Waals surface area (Å²) in [4.78, 5) is 28.4. The monoisotopic (exact) mass is 332 g/mol. The lowest BCUT2D eigenvalue weighted by atomic mass is 10.4. The predicted octanol–water partition coefficient (Wildman–Crippen LogP) is 0.776. The molecule has 3 heterocycles. The fourth-order valence-corrected chi connectivity index (χ4v) is 3.02. The van der Waals surface area contributed by atoms with Gasteiger partial charge in [0.1, 0.15) is 17.6 Å². The molecule has 1 amide bonds. The minimum atomic E-state index is -0.268. The maximum absolute atomic E-state index is 12.2. The molecule has 23 heavy (non-hydrogen) atoms. The molecule has 0 unspecified atom stereocenters. The van der Waals surface area contributed by atoms with E-state index in [9.17, 15) is 9.59 Å². The Kier molecular flexibility index (Phi) is 4.47. The number of nitrogens with zero attached hydrogens (tertiary/aromatic N) is 5. The number of aryl methyl sites for hydroxylation is 1. The highest BCUT2D eigenvalue weighted by molar-refractivity contribution is 7.17. The lowest BCUT2D eigenvalue weighted by molar-refractivity contribution is -0.121. The Morgan fingerprint density at radius 3 is 3.04 bits per heavy atom. The van der Waals surface area contributed by atoms with E-state index in [4.69, 9.17) is 0 Å². The maximum Gasteiger partial charge on any atom is 0.271 e. The molecule has 0 spiro atoms. The van der Waals surface area contributed by atoms with E-state index in [-0.39, 0.29) is 24.6 Å². The highest BCUT2D eigenvalue weighted by Gasteiger charge is 2.10. The van der Waals surface area contributed by atoms with Gasteiger partial charge in [0.25, 0.3) is 5.56 Å². The van der Waals surface area contributed by atoms with Gasteiger partial charge in [-0.3, -0.25) is 14.2 Å². The molecule has 0 aliphatic rings. The third-order valence-corrected chi connectivity index (χ3v) is 4.25. The first-order valence-electron chi connectivity index (χ1n) is 7.25. The van der Waals surface area contributed by atoms with Gasteiger partial charge in [-0.2, -0.15) is 0 Å². The number of hydrogen-bond donors (Lipinski definition) is 1. The number of thiophene rings is 1. The van der Waals surface area contributed by atoms with Crippen LogP contribution in [0.1, 0.15) is 19.2 Å². The van der Waals surface area contributed by atoms with Crippen molar-refractivity contribution in [3.05, 3.63) is 40.3 Å². The Bertz CT molecular complexity index is 881. The Hall–Kier alpha value is -2.55. The summed E-state index contributed by atoms with van der Waals surface area (Å²) in [6.07, 6.45) is 4.00. The van der Waals surface area contributed by atoms with Crippen molar-refractivity contribution in [3.8, 4) is 0 Å². The second-order valence-electron chi connectivity index (χ2n) is 5.03. The summed E-state index contributed by atoms with van der Waals surface area (Å²) in [5.74, 6) is 0.426. The van der Waals surface area contributed by atoms with Crippen LogP contribution in [0, 0.1) is 0 Å². The van der Waals surface area contributed by atoms with Crippen molar-refractivity contribution in [3.63, 3.8) is 0 Å². The number of amides is 1. The van der Waals surface area contributed by atoms with Crippen LogP contribution in [-0.2, 0) is 24.4 Å². The third kappa shape index (κ3) is 3.29. The van der Waals surface area contributed by atoms with Crippen LogP contribution < -0.4 is 10.9 Å². The summed E-state index contributed by atoms with van der Waals surface area (Å²) >= 11 is 1.32. The molecule has 8 nitrogen and oxygen atoms in total. The van der Waals surface area contributed by atoms with Crippen LogP contribution in [0.2, 0.25) is 0 Å². The minimum absolute atomic E-state index is 0.0679. The summed E-state index contributed by atoms with van der Waals surface area (Å²) in [6.45, 7) is 3.07. The molecule has 0 radical (unpaired) electrons. The number of hydrogen-bond acceptors (Lipinski definition) is 6. The molecule has 3 aromatic rings. The van der Waals surface area contributed by atoms with E-state index in [1.54, 1.807) is 12.4 Å². The topological polar surface area (TPSA) is 94.7 Å². The SMILES string of the molecule is CCCn1cnnc1CNC(=O)Cn1cnc2ccsc2c1=O. The van der Waals surface area contributed by atoms with Crippen molar-refractivity contribution in [1.29, 1.82) is 0 Å². The average Bonchev–Trinajstić information content (AvgIpc) is 3.18. The molecule has 0 fully saturated rings. The zero-order valence-corrected chi connectivity index (χ0v) is 13.4. The average molecular weight is 332 g/mol. The number of rotatable bonds is 6. The van der Waals surface area contributed by atoms with Crippen LogP contribution in [0.15, 0.2) is 28.9 Å². The quantitative estimate of drug-likeness (QED) is 0.720. The van der Waals surface area contributed by atoms with Crippen molar-refractivity contribution in [1.82, 2.24) is 29.6 Å². The fourth-order valence-electron chi connectivity index (χ4n) is 2.22. The molecule has 0 aliphatic heterocycles. The van der Waals surface area contributed by atoms with Gasteiger partial charge >= 0.3 is 0 Å². The van der Waals surface area contributed by atoms with E-state index in [1.165, 1.54) is 22.2 Å². The van der Waals surface area contributed by atoms with Crippen molar-refractivity contribution in [2.24, 2.45) is 0 Å². The van der Waals surface area contributed by atoms with Crippen molar-refractivity contribution >= 4 is 27.5 Å². The number of aromatic nitrogens is 5. The van der Waals surface area contributed by atoms with Gasteiger partial charge in [-0.15, -0.1) is 21.5 Å². The number of nitrogens with one attached hydrogen (secondary N) is 1. The van der Waals surface area contributed by atoms with E-state index in [1.807, 2.05) is 9.95 Å². The van der Waals surface area contributed by atoms with Crippen LogP contribution >= 0.6 is 11.3 Å². The lowest BCUT2D eigenvalue weighted by Gasteiger charge is -2.08. The van der Waals surface area contributed by atoms with Crippen LogP contribution in [-0.4, -0.2) is 30.2 Å². The van der Waals surface area contributed by atoms with E-state index < -0.39 is 0 Å². The summed E-state index contributed by atoms with van der Waals surface area (Å²) < 4.78 is 3.76. The largest absolute Gasteiger partial charge is 0.347 e. The number of carbonyl (C=O) groups excluding carboxylic acids is 1. The third-order valence-electron chi connectivity index (χ3n) is 3.35. The molecule has 0 saturated heterocycles. The molecule has 3 rings (SSSR count). The molecule has 0 saturated carbocycles. The number of fused-ring (bicyclic) bond motifs is 1. The van der Waals surface area contributed by atoms with Gasteiger partial charge in [-0.05, 0) is 17.9 Å². The Morgan fingerprint density at radius 2 is 2.22 bits per heavy atom. The van der Waals surface area contributed by atoms with Crippen molar-refractivity contribution in [2.75, 3.05) is 0 Å². The standard InChI is InChI=1S/C14H16N6O2S/c1-2-4-19-9-17-18-11(19)6-15-12(21)7-20-8-16-10-3-5-23-13(10)14(20)22/h3,5,8-9H,2,4,6-7H2,1H3,(H,15,21). The molecule has 0 aliphatic carbocycles. The van der Waals surface area contributed by atoms with Gasteiger partial charge in [0.05, 0.1) is 18.4 Å².